The molecule has 2 rings (SSSR count). The van der Waals surface area contributed by atoms with Crippen molar-refractivity contribution in [3.8, 4) is 0 Å². The molecule has 1 aliphatic heterocycles. The Balaban J connectivity index is 2.10. The van der Waals surface area contributed by atoms with Crippen molar-refractivity contribution in [2.45, 2.75) is 32.9 Å². The molecule has 1 aliphatic rings. The number of aliphatic hydroxyl groups excluding tert-OH is 1. The van der Waals surface area contributed by atoms with Crippen molar-refractivity contribution in [1.82, 2.24) is 4.90 Å². The van der Waals surface area contributed by atoms with E-state index in [1.54, 1.807) is 0 Å². The maximum absolute atomic E-state index is 13.0. The third-order valence-electron chi connectivity index (χ3n) is 3.91. The molecule has 0 spiro atoms. The van der Waals surface area contributed by atoms with Gasteiger partial charge in [0, 0.05) is 18.6 Å². The number of hydrogen-bond acceptors (Lipinski definition) is 3. The highest BCUT2D eigenvalue weighted by Gasteiger charge is 2.41. The molecule has 1 saturated heterocycles. The Morgan fingerprint density at radius 3 is 2.25 bits per heavy atom. The van der Waals surface area contributed by atoms with Gasteiger partial charge in [-0.3, -0.25) is 4.90 Å². The third-order valence-corrected chi connectivity index (χ3v) is 3.91. The van der Waals surface area contributed by atoms with E-state index in [1.165, 1.54) is 12.1 Å². The molecule has 0 unspecified atom stereocenters. The van der Waals surface area contributed by atoms with Crippen LogP contribution in [0.4, 0.5) is 4.39 Å². The molecule has 0 radical (unpaired) electrons. The van der Waals surface area contributed by atoms with Crippen molar-refractivity contribution in [2.75, 3.05) is 26.4 Å². The molecule has 0 aliphatic carbocycles. The lowest BCUT2D eigenvalue weighted by atomic mass is 9.84. The first-order valence-corrected chi connectivity index (χ1v) is 7.03. The van der Waals surface area contributed by atoms with Crippen LogP contribution < -0.4 is 0 Å². The summed E-state index contributed by atoms with van der Waals surface area (Å²) in [5, 5.41) is 9.60. The Bertz CT molecular complexity index is 429. The van der Waals surface area contributed by atoms with Gasteiger partial charge < -0.3 is 9.84 Å². The molecule has 0 saturated carbocycles. The molecular weight excluding hydrogens is 257 g/mol. The summed E-state index contributed by atoms with van der Waals surface area (Å²) in [5.41, 5.74) is 0.911. The van der Waals surface area contributed by atoms with E-state index in [2.05, 4.69) is 25.7 Å². The van der Waals surface area contributed by atoms with Crippen LogP contribution in [0.2, 0.25) is 0 Å². The van der Waals surface area contributed by atoms with Gasteiger partial charge in [-0.2, -0.15) is 0 Å². The quantitative estimate of drug-likeness (QED) is 0.900. The SMILES string of the molecule is CC(C)(C)N(Cc1ccc(F)cc1)CC1(CO)COC1. The van der Waals surface area contributed by atoms with E-state index in [0.717, 1.165) is 18.7 Å². The van der Waals surface area contributed by atoms with Gasteiger partial charge >= 0.3 is 0 Å². The fourth-order valence-corrected chi connectivity index (χ4v) is 2.37. The Morgan fingerprint density at radius 1 is 1.25 bits per heavy atom. The lowest BCUT2D eigenvalue weighted by Gasteiger charge is -2.47. The first-order valence-electron chi connectivity index (χ1n) is 7.03. The Labute approximate surface area is 120 Å². The van der Waals surface area contributed by atoms with Gasteiger partial charge in [-0.25, -0.2) is 4.39 Å². The summed E-state index contributed by atoms with van der Waals surface area (Å²) >= 11 is 0. The lowest BCUT2D eigenvalue weighted by molar-refractivity contribution is -0.156. The zero-order valence-corrected chi connectivity index (χ0v) is 12.5. The molecule has 0 amide bonds. The van der Waals surface area contributed by atoms with Crippen LogP contribution in [0.15, 0.2) is 24.3 Å². The second kappa shape index (κ2) is 5.80. The number of nitrogens with zero attached hydrogens (tertiary/aromatic N) is 1. The summed E-state index contributed by atoms with van der Waals surface area (Å²) in [7, 11) is 0. The van der Waals surface area contributed by atoms with Crippen LogP contribution in [-0.2, 0) is 11.3 Å². The van der Waals surface area contributed by atoms with E-state index in [1.807, 2.05) is 12.1 Å². The van der Waals surface area contributed by atoms with E-state index < -0.39 is 0 Å². The van der Waals surface area contributed by atoms with Crippen molar-refractivity contribution in [3.63, 3.8) is 0 Å². The third kappa shape index (κ3) is 3.57. The summed E-state index contributed by atoms with van der Waals surface area (Å²) in [6, 6.07) is 6.61. The summed E-state index contributed by atoms with van der Waals surface area (Å²) in [4.78, 5) is 2.32. The number of benzene rings is 1. The predicted octanol–water partition coefficient (Wildman–Crippen LogP) is 2.44. The van der Waals surface area contributed by atoms with Crippen LogP contribution in [-0.4, -0.2) is 41.9 Å². The Kier molecular flexibility index (Phi) is 4.47. The predicted molar refractivity (Wildman–Crippen MR) is 76.9 cm³/mol. The first-order chi connectivity index (χ1) is 9.35. The highest BCUT2D eigenvalue weighted by Crippen LogP contribution is 2.31. The Morgan fingerprint density at radius 2 is 1.85 bits per heavy atom. The van der Waals surface area contributed by atoms with Gasteiger partial charge in [0.25, 0.3) is 0 Å². The first kappa shape index (κ1) is 15.4. The number of halogens is 1. The number of aliphatic hydroxyl groups is 1. The van der Waals surface area contributed by atoms with Gasteiger partial charge in [0.15, 0.2) is 0 Å². The molecular formula is C16H24FNO2. The average Bonchev–Trinajstić information content (AvgIpc) is 2.33. The monoisotopic (exact) mass is 281 g/mol. The van der Waals surface area contributed by atoms with Crippen LogP contribution in [0, 0.1) is 11.2 Å². The summed E-state index contributed by atoms with van der Waals surface area (Å²) in [6.07, 6.45) is 0. The van der Waals surface area contributed by atoms with Crippen molar-refractivity contribution in [2.24, 2.45) is 5.41 Å². The standard InChI is InChI=1S/C16H24FNO2/c1-15(2,3)18(9-16(10-19)11-20-12-16)8-13-4-6-14(17)7-5-13/h4-7,19H,8-12H2,1-3H3. The molecule has 1 aromatic rings. The summed E-state index contributed by atoms with van der Waals surface area (Å²) < 4.78 is 18.3. The maximum Gasteiger partial charge on any atom is 0.123 e. The van der Waals surface area contributed by atoms with Crippen molar-refractivity contribution in [3.05, 3.63) is 35.6 Å². The zero-order valence-electron chi connectivity index (χ0n) is 12.5. The second-order valence-corrected chi connectivity index (χ2v) is 6.80. The number of rotatable bonds is 5. The topological polar surface area (TPSA) is 32.7 Å². The maximum atomic E-state index is 13.0. The largest absolute Gasteiger partial charge is 0.396 e. The van der Waals surface area contributed by atoms with Gasteiger partial charge in [0.1, 0.15) is 5.82 Å². The minimum atomic E-state index is -0.213. The second-order valence-electron chi connectivity index (χ2n) is 6.80. The molecule has 4 heteroatoms. The van der Waals surface area contributed by atoms with Gasteiger partial charge in [-0.1, -0.05) is 12.1 Å². The molecule has 20 heavy (non-hydrogen) atoms. The molecule has 0 bridgehead atoms. The van der Waals surface area contributed by atoms with E-state index in [9.17, 15) is 9.50 Å². The van der Waals surface area contributed by atoms with Crippen LogP contribution in [0.25, 0.3) is 0 Å². The van der Waals surface area contributed by atoms with Crippen LogP contribution in [0.1, 0.15) is 26.3 Å². The molecule has 1 heterocycles. The van der Waals surface area contributed by atoms with E-state index in [0.29, 0.717) is 13.2 Å². The highest BCUT2D eigenvalue weighted by atomic mass is 19.1. The van der Waals surface area contributed by atoms with E-state index >= 15 is 0 Å². The fraction of sp³-hybridized carbons (Fsp3) is 0.625. The molecule has 112 valence electrons. The van der Waals surface area contributed by atoms with Crippen molar-refractivity contribution < 1.29 is 14.2 Å². The fourth-order valence-electron chi connectivity index (χ4n) is 2.37. The van der Waals surface area contributed by atoms with E-state index in [4.69, 9.17) is 4.74 Å². The van der Waals surface area contributed by atoms with Gasteiger partial charge in [-0.05, 0) is 38.5 Å². The summed E-state index contributed by atoms with van der Waals surface area (Å²) in [6.45, 7) is 9.35. The Hall–Kier alpha value is -0.970. The lowest BCUT2D eigenvalue weighted by Crippen LogP contribution is -2.56. The normalized spacial score (nSPS) is 18.1. The minimum absolute atomic E-state index is 0.0217. The van der Waals surface area contributed by atoms with Gasteiger partial charge in [0.05, 0.1) is 25.2 Å². The molecule has 0 atom stereocenters. The molecule has 1 aromatic carbocycles. The van der Waals surface area contributed by atoms with Crippen molar-refractivity contribution >= 4 is 0 Å². The van der Waals surface area contributed by atoms with Crippen LogP contribution in [0.5, 0.6) is 0 Å². The smallest absolute Gasteiger partial charge is 0.123 e. The van der Waals surface area contributed by atoms with Crippen molar-refractivity contribution in [1.29, 1.82) is 0 Å². The van der Waals surface area contributed by atoms with Gasteiger partial charge in [-0.15, -0.1) is 0 Å². The van der Waals surface area contributed by atoms with E-state index in [-0.39, 0.29) is 23.4 Å². The minimum Gasteiger partial charge on any atom is -0.396 e. The molecule has 1 fully saturated rings. The number of hydrogen-bond donors (Lipinski definition) is 1. The molecule has 1 N–H and O–H groups in total. The number of ether oxygens (including phenoxy) is 1. The molecule has 3 nitrogen and oxygen atoms in total. The van der Waals surface area contributed by atoms with Crippen LogP contribution >= 0.6 is 0 Å². The molecule has 0 aromatic heterocycles. The summed E-state index contributed by atoms with van der Waals surface area (Å²) in [5.74, 6) is -0.213. The van der Waals surface area contributed by atoms with Crippen LogP contribution in [0.3, 0.4) is 0 Å². The average molecular weight is 281 g/mol. The zero-order chi connectivity index (χ0) is 14.8. The highest BCUT2D eigenvalue weighted by molar-refractivity contribution is 5.16. The van der Waals surface area contributed by atoms with Gasteiger partial charge in [0.2, 0.25) is 0 Å².